The third kappa shape index (κ3) is 2.70. The molecule has 4 heteroatoms. The van der Waals surface area contributed by atoms with E-state index in [0.717, 1.165) is 13.1 Å². The minimum absolute atomic E-state index is 0.179. The van der Waals surface area contributed by atoms with Crippen molar-refractivity contribution in [1.29, 1.82) is 0 Å². The minimum atomic E-state index is -0.457. The van der Waals surface area contributed by atoms with Gasteiger partial charge in [0, 0.05) is 36.8 Å². The number of nitrogens with zero attached hydrogens (tertiary/aromatic N) is 1. The quantitative estimate of drug-likeness (QED) is 0.873. The molecule has 0 aliphatic carbocycles. The van der Waals surface area contributed by atoms with Crippen LogP contribution >= 0.6 is 0 Å². The topological polar surface area (TPSA) is 15.3 Å². The van der Waals surface area contributed by atoms with Crippen LogP contribution in [0.25, 0.3) is 0 Å². The number of halogens is 2. The van der Waals surface area contributed by atoms with Gasteiger partial charge in [0.15, 0.2) is 0 Å². The molecule has 1 aliphatic rings. The average molecular weight is 254 g/mol. The molecule has 1 aliphatic heterocycles. The average Bonchev–Trinajstić information content (AvgIpc) is 2.27. The predicted octanol–water partition coefficient (Wildman–Crippen LogP) is 2.71. The summed E-state index contributed by atoms with van der Waals surface area (Å²) in [5.74, 6) is -0.914. The first-order chi connectivity index (χ1) is 8.49. The summed E-state index contributed by atoms with van der Waals surface area (Å²) < 4.78 is 27.5. The van der Waals surface area contributed by atoms with E-state index in [-0.39, 0.29) is 11.6 Å². The molecular formula is C14H20F2N2. The molecule has 0 aromatic heterocycles. The smallest absolute Gasteiger partial charge is 0.130 e. The largest absolute Gasteiger partial charge is 0.309 e. The van der Waals surface area contributed by atoms with Gasteiger partial charge < -0.3 is 5.32 Å². The molecule has 3 atom stereocenters. The maximum Gasteiger partial charge on any atom is 0.130 e. The Balaban J connectivity index is 2.22. The van der Waals surface area contributed by atoms with Crippen LogP contribution in [0.2, 0.25) is 0 Å². The van der Waals surface area contributed by atoms with Gasteiger partial charge in [-0.2, -0.15) is 0 Å². The Kier molecular flexibility index (Phi) is 3.97. The molecule has 2 nitrogen and oxygen atoms in total. The molecular weight excluding hydrogens is 234 g/mol. The fourth-order valence-electron chi connectivity index (χ4n) is 2.78. The van der Waals surface area contributed by atoms with Gasteiger partial charge in [-0.15, -0.1) is 0 Å². The van der Waals surface area contributed by atoms with Crippen LogP contribution in [-0.2, 0) is 0 Å². The SMILES string of the molecule is CC1CN(C(C)c2c(F)cccc2F)CC(C)N1. The lowest BCUT2D eigenvalue weighted by atomic mass is 10.0. The number of nitrogens with one attached hydrogen (secondary N) is 1. The van der Waals surface area contributed by atoms with Crippen LogP contribution in [0.3, 0.4) is 0 Å². The number of hydrogen-bond acceptors (Lipinski definition) is 2. The lowest BCUT2D eigenvalue weighted by Crippen LogP contribution is -2.54. The summed E-state index contributed by atoms with van der Waals surface area (Å²) in [5, 5.41) is 3.42. The predicted molar refractivity (Wildman–Crippen MR) is 68.4 cm³/mol. The Labute approximate surface area is 107 Å². The van der Waals surface area contributed by atoms with Gasteiger partial charge in [0.25, 0.3) is 0 Å². The maximum absolute atomic E-state index is 13.8. The summed E-state index contributed by atoms with van der Waals surface area (Å²) in [6.45, 7) is 7.66. The first-order valence-electron chi connectivity index (χ1n) is 6.43. The molecule has 3 unspecified atom stereocenters. The number of hydrogen-bond donors (Lipinski definition) is 1. The van der Waals surface area contributed by atoms with Crippen LogP contribution in [0.4, 0.5) is 8.78 Å². The Morgan fingerprint density at radius 2 is 1.67 bits per heavy atom. The molecule has 1 N–H and O–H groups in total. The molecule has 1 saturated heterocycles. The molecule has 18 heavy (non-hydrogen) atoms. The Hall–Kier alpha value is -1.00. The van der Waals surface area contributed by atoms with Crippen molar-refractivity contribution in [3.05, 3.63) is 35.4 Å². The molecule has 0 amide bonds. The number of rotatable bonds is 2. The van der Waals surface area contributed by atoms with Crippen molar-refractivity contribution < 1.29 is 8.78 Å². The zero-order valence-corrected chi connectivity index (χ0v) is 11.1. The highest BCUT2D eigenvalue weighted by Gasteiger charge is 2.28. The monoisotopic (exact) mass is 254 g/mol. The summed E-state index contributed by atoms with van der Waals surface area (Å²) in [6, 6.07) is 4.49. The normalized spacial score (nSPS) is 27.2. The second-order valence-electron chi connectivity index (χ2n) is 5.23. The second kappa shape index (κ2) is 5.33. The van der Waals surface area contributed by atoms with E-state index in [4.69, 9.17) is 0 Å². The fourth-order valence-corrected chi connectivity index (χ4v) is 2.78. The first kappa shape index (κ1) is 13.4. The molecule has 2 rings (SSSR count). The van der Waals surface area contributed by atoms with Crippen molar-refractivity contribution in [3.8, 4) is 0 Å². The molecule has 0 saturated carbocycles. The second-order valence-corrected chi connectivity index (χ2v) is 5.23. The van der Waals surface area contributed by atoms with Crippen molar-refractivity contribution in [2.75, 3.05) is 13.1 Å². The van der Waals surface area contributed by atoms with Crippen LogP contribution < -0.4 is 5.32 Å². The van der Waals surface area contributed by atoms with Crippen LogP contribution in [0.1, 0.15) is 32.4 Å². The van der Waals surface area contributed by atoms with E-state index in [1.807, 2.05) is 6.92 Å². The van der Waals surface area contributed by atoms with Crippen molar-refractivity contribution >= 4 is 0 Å². The standard InChI is InChI=1S/C14H20F2N2/c1-9-7-18(8-10(2)17-9)11(3)14-12(15)5-4-6-13(14)16/h4-6,9-11,17H,7-8H2,1-3H3. The number of piperazine rings is 1. The molecule has 0 radical (unpaired) electrons. The van der Waals surface area contributed by atoms with Gasteiger partial charge in [-0.25, -0.2) is 8.78 Å². The summed E-state index contributed by atoms with van der Waals surface area (Å²) in [6.07, 6.45) is 0. The summed E-state index contributed by atoms with van der Waals surface area (Å²) in [5.41, 5.74) is 0.179. The number of benzene rings is 1. The third-order valence-corrected chi connectivity index (χ3v) is 3.55. The van der Waals surface area contributed by atoms with Crippen molar-refractivity contribution in [1.82, 2.24) is 10.2 Å². The van der Waals surface area contributed by atoms with Gasteiger partial charge in [-0.1, -0.05) is 6.07 Å². The molecule has 0 bridgehead atoms. The molecule has 0 spiro atoms. The van der Waals surface area contributed by atoms with Crippen molar-refractivity contribution in [2.24, 2.45) is 0 Å². The molecule has 1 fully saturated rings. The van der Waals surface area contributed by atoms with Gasteiger partial charge in [0.2, 0.25) is 0 Å². The molecule has 1 heterocycles. The molecule has 100 valence electrons. The first-order valence-corrected chi connectivity index (χ1v) is 6.43. The Morgan fingerprint density at radius 1 is 1.17 bits per heavy atom. The van der Waals surface area contributed by atoms with Gasteiger partial charge in [0.1, 0.15) is 11.6 Å². The van der Waals surface area contributed by atoms with Gasteiger partial charge in [-0.05, 0) is 32.9 Å². The van der Waals surface area contributed by atoms with Gasteiger partial charge >= 0.3 is 0 Å². The van der Waals surface area contributed by atoms with Crippen molar-refractivity contribution in [2.45, 2.75) is 38.9 Å². The zero-order valence-electron chi connectivity index (χ0n) is 11.1. The van der Waals surface area contributed by atoms with Crippen LogP contribution in [-0.4, -0.2) is 30.1 Å². The van der Waals surface area contributed by atoms with E-state index < -0.39 is 11.6 Å². The van der Waals surface area contributed by atoms with Crippen LogP contribution in [0, 0.1) is 11.6 Å². The highest BCUT2D eigenvalue weighted by Crippen LogP contribution is 2.27. The highest BCUT2D eigenvalue weighted by molar-refractivity contribution is 5.23. The Morgan fingerprint density at radius 3 is 2.17 bits per heavy atom. The van der Waals surface area contributed by atoms with E-state index in [2.05, 4.69) is 24.1 Å². The summed E-state index contributed by atoms with van der Waals surface area (Å²) >= 11 is 0. The van der Waals surface area contributed by atoms with Crippen molar-refractivity contribution in [3.63, 3.8) is 0 Å². The summed E-state index contributed by atoms with van der Waals surface area (Å²) in [7, 11) is 0. The van der Waals surface area contributed by atoms with E-state index in [1.165, 1.54) is 18.2 Å². The molecule has 1 aromatic carbocycles. The lowest BCUT2D eigenvalue weighted by molar-refractivity contribution is 0.127. The van der Waals surface area contributed by atoms with E-state index in [0.29, 0.717) is 12.1 Å². The highest BCUT2D eigenvalue weighted by atomic mass is 19.1. The third-order valence-electron chi connectivity index (χ3n) is 3.55. The van der Waals surface area contributed by atoms with Gasteiger partial charge in [-0.3, -0.25) is 4.90 Å². The van der Waals surface area contributed by atoms with Crippen LogP contribution in [0.15, 0.2) is 18.2 Å². The van der Waals surface area contributed by atoms with E-state index in [1.54, 1.807) is 0 Å². The minimum Gasteiger partial charge on any atom is -0.309 e. The van der Waals surface area contributed by atoms with Crippen LogP contribution in [0.5, 0.6) is 0 Å². The van der Waals surface area contributed by atoms with E-state index >= 15 is 0 Å². The van der Waals surface area contributed by atoms with Gasteiger partial charge in [0.05, 0.1) is 0 Å². The Bertz CT molecular complexity index is 392. The molecule has 1 aromatic rings. The van der Waals surface area contributed by atoms with E-state index in [9.17, 15) is 8.78 Å². The zero-order chi connectivity index (χ0) is 13.3. The fraction of sp³-hybridized carbons (Fsp3) is 0.571. The lowest BCUT2D eigenvalue weighted by Gasteiger charge is -2.39. The summed E-state index contributed by atoms with van der Waals surface area (Å²) in [4.78, 5) is 2.13. The maximum atomic E-state index is 13.8.